The van der Waals surface area contributed by atoms with Gasteiger partial charge in [0.15, 0.2) is 5.82 Å². The Labute approximate surface area is 252 Å². The number of aromatic nitrogens is 6. The zero-order chi connectivity index (χ0) is 30.2. The van der Waals surface area contributed by atoms with Crippen LogP contribution < -0.4 is 5.56 Å². The molecule has 4 heterocycles. The van der Waals surface area contributed by atoms with Gasteiger partial charge in [-0.25, -0.2) is 9.78 Å². The fourth-order valence-electron chi connectivity index (χ4n) is 7.53. The molecule has 0 atom stereocenters. The van der Waals surface area contributed by atoms with Crippen LogP contribution in [0.1, 0.15) is 95.5 Å². The Morgan fingerprint density at radius 1 is 1.05 bits per heavy atom. The van der Waals surface area contributed by atoms with Gasteiger partial charge in [-0.05, 0) is 86.4 Å². The summed E-state index contributed by atoms with van der Waals surface area (Å²) in [6.07, 6.45) is 8.30. The molecule has 226 valence electrons. The van der Waals surface area contributed by atoms with Gasteiger partial charge in [0.05, 0.1) is 23.6 Å². The lowest BCUT2D eigenvalue weighted by atomic mass is 9.62. The van der Waals surface area contributed by atoms with E-state index in [1.807, 2.05) is 43.7 Å². The number of benzene rings is 2. The molecule has 43 heavy (non-hydrogen) atoms. The maximum atomic E-state index is 14.5. The van der Waals surface area contributed by atoms with Crippen molar-refractivity contribution in [2.75, 3.05) is 6.61 Å². The van der Waals surface area contributed by atoms with E-state index in [0.717, 1.165) is 84.9 Å². The number of nitrogens with one attached hydrogen (secondary N) is 1. The first kappa shape index (κ1) is 29.1. The maximum absolute atomic E-state index is 14.5. The molecule has 2 aliphatic heterocycles. The summed E-state index contributed by atoms with van der Waals surface area (Å²) in [7, 11) is 0. The third-order valence-corrected chi connectivity index (χ3v) is 9.96. The van der Waals surface area contributed by atoms with Gasteiger partial charge in [-0.15, -0.1) is 5.10 Å². The third kappa shape index (κ3) is 4.82. The standard InChI is InChI=1S/C34H42N6O3/c1-5-7-8-13-29-28(22-23-14-16-24(17-15-23)26-11-9-10-12-27(26)30-35-37-38-36-30)31(41)40-34(33(3,4)32(42)43-6-2)20-18-25(19-21-34)39(29)40/h9-12,14-17,25H,5-8,13,18-22H2,1-4H3,(H,35,36,37,38). The number of carbonyl (C=O) groups is 1. The second-order valence-electron chi connectivity index (χ2n) is 12.6. The molecule has 1 saturated carbocycles. The molecule has 2 aromatic heterocycles. The van der Waals surface area contributed by atoms with Gasteiger partial charge in [-0.1, -0.05) is 68.3 Å². The molecule has 0 saturated heterocycles. The molecule has 0 spiro atoms. The van der Waals surface area contributed by atoms with Crippen molar-refractivity contribution in [1.29, 1.82) is 0 Å². The van der Waals surface area contributed by atoms with E-state index in [4.69, 9.17) is 4.74 Å². The van der Waals surface area contributed by atoms with E-state index in [-0.39, 0.29) is 11.5 Å². The molecule has 1 fully saturated rings. The van der Waals surface area contributed by atoms with E-state index in [2.05, 4.69) is 62.6 Å². The van der Waals surface area contributed by atoms with Gasteiger partial charge in [-0.2, -0.15) is 0 Å². The fraction of sp³-hybridized carbons (Fsp3) is 0.500. The zero-order valence-corrected chi connectivity index (χ0v) is 25.7. The van der Waals surface area contributed by atoms with Gasteiger partial charge < -0.3 is 4.74 Å². The minimum atomic E-state index is -0.819. The van der Waals surface area contributed by atoms with E-state index in [9.17, 15) is 9.59 Å². The number of carbonyl (C=O) groups excluding carboxylic acids is 1. The molecule has 3 aliphatic rings. The third-order valence-electron chi connectivity index (χ3n) is 9.96. The number of ether oxygens (including phenoxy) is 1. The molecule has 0 amide bonds. The average molecular weight is 583 g/mol. The maximum Gasteiger partial charge on any atom is 0.313 e. The number of fused-ring (bicyclic) bond motifs is 2. The lowest BCUT2D eigenvalue weighted by Gasteiger charge is -2.55. The van der Waals surface area contributed by atoms with Crippen molar-refractivity contribution in [3.63, 3.8) is 0 Å². The van der Waals surface area contributed by atoms with Crippen molar-refractivity contribution in [2.24, 2.45) is 5.41 Å². The highest BCUT2D eigenvalue weighted by atomic mass is 16.5. The fourth-order valence-corrected chi connectivity index (χ4v) is 7.53. The number of aromatic amines is 1. The smallest absolute Gasteiger partial charge is 0.313 e. The molecule has 2 bridgehead atoms. The molecule has 2 aromatic carbocycles. The van der Waals surface area contributed by atoms with E-state index in [1.54, 1.807) is 0 Å². The second kappa shape index (κ2) is 11.6. The number of nitrogens with zero attached hydrogens (tertiary/aromatic N) is 5. The zero-order valence-electron chi connectivity index (χ0n) is 25.7. The Kier molecular flexibility index (Phi) is 7.83. The normalized spacial score (nSPS) is 19.4. The van der Waals surface area contributed by atoms with Crippen LogP contribution in [0.2, 0.25) is 0 Å². The monoisotopic (exact) mass is 582 g/mol. The first-order valence-corrected chi connectivity index (χ1v) is 15.8. The van der Waals surface area contributed by atoms with Crippen molar-refractivity contribution in [1.82, 2.24) is 30.0 Å². The van der Waals surface area contributed by atoms with Gasteiger partial charge in [0.2, 0.25) is 0 Å². The number of hydrogen-bond acceptors (Lipinski definition) is 6. The molecular formula is C34H42N6O3. The van der Waals surface area contributed by atoms with E-state index in [1.165, 1.54) is 0 Å². The lowest BCUT2D eigenvalue weighted by molar-refractivity contribution is -0.167. The van der Waals surface area contributed by atoms with Crippen molar-refractivity contribution >= 4 is 5.97 Å². The van der Waals surface area contributed by atoms with Crippen LogP contribution in [0.4, 0.5) is 0 Å². The van der Waals surface area contributed by atoms with Crippen LogP contribution >= 0.6 is 0 Å². The Morgan fingerprint density at radius 2 is 1.77 bits per heavy atom. The summed E-state index contributed by atoms with van der Waals surface area (Å²) in [6.45, 7) is 8.34. The predicted octanol–water partition coefficient (Wildman–Crippen LogP) is 6.23. The SMILES string of the molecule is CCCCCc1c(Cc2ccc(-c3ccccc3-c3nnn[nH]3)cc2)c(=O)n2n1C1CCC2(C(C)(C)C(=O)OCC)CC1. The van der Waals surface area contributed by atoms with Crippen LogP contribution in [0, 0.1) is 5.41 Å². The number of H-pyrrole nitrogens is 1. The molecule has 9 heteroatoms. The summed E-state index contributed by atoms with van der Waals surface area (Å²) in [5.41, 5.74) is 4.78. The van der Waals surface area contributed by atoms with Crippen molar-refractivity contribution in [2.45, 2.75) is 97.1 Å². The molecule has 9 nitrogen and oxygen atoms in total. The molecule has 7 rings (SSSR count). The van der Waals surface area contributed by atoms with Crippen LogP contribution in [-0.2, 0) is 27.9 Å². The topological polar surface area (TPSA) is 108 Å². The highest BCUT2D eigenvalue weighted by Gasteiger charge is 2.59. The summed E-state index contributed by atoms with van der Waals surface area (Å²) in [5, 5.41) is 14.4. The minimum absolute atomic E-state index is 0.0560. The van der Waals surface area contributed by atoms with Crippen molar-refractivity contribution in [3.05, 3.63) is 75.7 Å². The Hall–Kier alpha value is -4.01. The summed E-state index contributed by atoms with van der Waals surface area (Å²) in [4.78, 5) is 27.9. The summed E-state index contributed by atoms with van der Waals surface area (Å²) in [6, 6.07) is 16.8. The number of unbranched alkanes of at least 4 members (excludes halogenated alkanes) is 2. The van der Waals surface area contributed by atoms with Crippen molar-refractivity contribution in [3.8, 4) is 22.5 Å². The van der Waals surface area contributed by atoms with E-state index >= 15 is 0 Å². The van der Waals surface area contributed by atoms with Gasteiger partial charge in [0.1, 0.15) is 0 Å². The predicted molar refractivity (Wildman–Crippen MR) is 166 cm³/mol. The van der Waals surface area contributed by atoms with E-state index < -0.39 is 11.0 Å². The first-order chi connectivity index (χ1) is 20.8. The quantitative estimate of drug-likeness (QED) is 0.166. The van der Waals surface area contributed by atoms with E-state index in [0.29, 0.717) is 24.9 Å². The highest BCUT2D eigenvalue weighted by Crippen LogP contribution is 2.55. The molecular weight excluding hydrogens is 540 g/mol. The van der Waals surface area contributed by atoms with Gasteiger partial charge in [-0.3, -0.25) is 14.3 Å². The molecule has 4 aromatic rings. The molecule has 1 aliphatic carbocycles. The summed E-state index contributed by atoms with van der Waals surface area (Å²) in [5.74, 6) is 0.402. The second-order valence-corrected chi connectivity index (χ2v) is 12.6. The van der Waals surface area contributed by atoms with Crippen LogP contribution in [0.15, 0.2) is 53.3 Å². The lowest BCUT2D eigenvalue weighted by Crippen LogP contribution is -2.62. The first-order valence-electron chi connectivity index (χ1n) is 15.8. The van der Waals surface area contributed by atoms with Gasteiger partial charge in [0.25, 0.3) is 5.56 Å². The van der Waals surface area contributed by atoms with Gasteiger partial charge in [0, 0.05) is 23.2 Å². The Morgan fingerprint density at radius 3 is 2.42 bits per heavy atom. The molecule has 1 N–H and O–H groups in total. The molecule has 0 unspecified atom stereocenters. The largest absolute Gasteiger partial charge is 0.466 e. The van der Waals surface area contributed by atoms with Crippen LogP contribution in [-0.4, -0.2) is 42.6 Å². The molecule has 0 radical (unpaired) electrons. The van der Waals surface area contributed by atoms with Crippen LogP contribution in [0.3, 0.4) is 0 Å². The van der Waals surface area contributed by atoms with Crippen molar-refractivity contribution < 1.29 is 9.53 Å². The number of esters is 1. The number of hydrogen-bond donors (Lipinski definition) is 1. The number of tetrazole rings is 1. The number of rotatable bonds is 11. The highest BCUT2D eigenvalue weighted by molar-refractivity contribution is 5.80. The van der Waals surface area contributed by atoms with Crippen LogP contribution in [0.25, 0.3) is 22.5 Å². The Balaban J connectivity index is 1.40. The Bertz CT molecular complexity index is 1640. The van der Waals surface area contributed by atoms with Crippen LogP contribution in [0.5, 0.6) is 0 Å². The minimum Gasteiger partial charge on any atom is -0.466 e. The average Bonchev–Trinajstić information content (AvgIpc) is 3.67. The summed E-state index contributed by atoms with van der Waals surface area (Å²) < 4.78 is 9.90. The summed E-state index contributed by atoms with van der Waals surface area (Å²) >= 11 is 0. The van der Waals surface area contributed by atoms with Gasteiger partial charge >= 0.3 is 5.97 Å².